The van der Waals surface area contributed by atoms with Crippen LogP contribution in [-0.4, -0.2) is 12.1 Å². The number of nitrogens with zero attached hydrogens (tertiary/aromatic N) is 1. The molecular weight excluding hydrogens is 319 g/mol. The van der Waals surface area contributed by atoms with Crippen molar-refractivity contribution < 1.29 is 9.18 Å². The minimum absolute atomic E-state index is 0.262. The number of hydrogen-bond acceptors (Lipinski definition) is 3. The van der Waals surface area contributed by atoms with Gasteiger partial charge >= 0.3 is 0 Å². The second kappa shape index (κ2) is 5.88. The van der Waals surface area contributed by atoms with Gasteiger partial charge in [0, 0.05) is 0 Å². The fourth-order valence-corrected chi connectivity index (χ4v) is 2.23. The lowest BCUT2D eigenvalue weighted by Crippen LogP contribution is -2.16. The minimum atomic E-state index is -0.338. The second-order valence-corrected chi connectivity index (χ2v) is 5.15. The Labute approximate surface area is 115 Å². The van der Waals surface area contributed by atoms with Gasteiger partial charge in [-0.3, -0.25) is 4.79 Å². The molecular formula is C12H8BrFN2OS. The topological polar surface area (TPSA) is 41.5 Å². The number of nitrogens with one attached hydrogen (secondary N) is 1. The molecule has 2 rings (SSSR count). The van der Waals surface area contributed by atoms with Crippen molar-refractivity contribution in [2.24, 2.45) is 5.10 Å². The third kappa shape index (κ3) is 3.24. The molecule has 0 saturated carbocycles. The molecule has 1 aromatic carbocycles. The summed E-state index contributed by atoms with van der Waals surface area (Å²) in [5.41, 5.74) is 3.09. The van der Waals surface area contributed by atoms with E-state index >= 15 is 0 Å². The number of hydrazone groups is 1. The highest BCUT2D eigenvalue weighted by Gasteiger charge is 2.03. The predicted molar refractivity (Wildman–Crippen MR) is 73.5 cm³/mol. The molecule has 0 aliphatic rings. The van der Waals surface area contributed by atoms with Crippen LogP contribution in [0.5, 0.6) is 0 Å². The highest BCUT2D eigenvalue weighted by Crippen LogP contribution is 2.15. The van der Waals surface area contributed by atoms with Crippen molar-refractivity contribution in [1.82, 2.24) is 5.43 Å². The molecule has 0 bridgehead atoms. The lowest BCUT2D eigenvalue weighted by molar-refractivity contribution is 0.0959. The molecule has 0 radical (unpaired) electrons. The molecule has 1 N–H and O–H groups in total. The highest BCUT2D eigenvalue weighted by atomic mass is 79.9. The quantitative estimate of drug-likeness (QED) is 0.681. The van der Waals surface area contributed by atoms with Gasteiger partial charge in [-0.25, -0.2) is 9.82 Å². The maximum atomic E-state index is 13.0. The summed E-state index contributed by atoms with van der Waals surface area (Å²) < 4.78 is 13.3. The average Bonchev–Trinajstić information content (AvgIpc) is 2.87. The van der Waals surface area contributed by atoms with E-state index in [9.17, 15) is 9.18 Å². The van der Waals surface area contributed by atoms with E-state index in [0.29, 0.717) is 14.9 Å². The molecule has 2 aromatic rings. The first-order valence-corrected chi connectivity index (χ1v) is 6.66. The Balaban J connectivity index is 1.99. The first-order valence-electron chi connectivity index (χ1n) is 4.99. The predicted octanol–water partition coefficient (Wildman–Crippen LogP) is 3.41. The number of carbonyl (C=O) groups excluding carboxylic acids is 1. The Bertz CT molecular complexity index is 584. The van der Waals surface area contributed by atoms with Crippen molar-refractivity contribution in [1.29, 1.82) is 0 Å². The molecule has 0 unspecified atom stereocenters. The molecule has 0 aliphatic carbocycles. The summed E-state index contributed by atoms with van der Waals surface area (Å²) >= 11 is 4.41. The number of rotatable bonds is 3. The van der Waals surface area contributed by atoms with Crippen molar-refractivity contribution in [2.45, 2.75) is 0 Å². The van der Waals surface area contributed by atoms with Crippen molar-refractivity contribution >= 4 is 39.4 Å². The van der Waals surface area contributed by atoms with Crippen LogP contribution in [0.1, 0.15) is 15.2 Å². The molecule has 0 spiro atoms. The van der Waals surface area contributed by atoms with E-state index in [2.05, 4.69) is 26.5 Å². The van der Waals surface area contributed by atoms with Crippen molar-refractivity contribution in [3.05, 3.63) is 56.4 Å². The Kier molecular flexibility index (Phi) is 4.22. The van der Waals surface area contributed by atoms with Crippen LogP contribution in [0.2, 0.25) is 0 Å². The molecule has 3 nitrogen and oxygen atoms in total. The second-order valence-electron chi connectivity index (χ2n) is 3.35. The van der Waals surface area contributed by atoms with Crippen LogP contribution < -0.4 is 5.43 Å². The van der Waals surface area contributed by atoms with Crippen LogP contribution >= 0.6 is 27.3 Å². The number of carbonyl (C=O) groups is 1. The summed E-state index contributed by atoms with van der Waals surface area (Å²) in [6, 6.07) is 7.98. The number of halogens is 2. The van der Waals surface area contributed by atoms with Gasteiger partial charge in [-0.1, -0.05) is 12.1 Å². The zero-order valence-corrected chi connectivity index (χ0v) is 11.5. The van der Waals surface area contributed by atoms with E-state index in [1.54, 1.807) is 24.3 Å². The van der Waals surface area contributed by atoms with Crippen LogP contribution in [0.3, 0.4) is 0 Å². The third-order valence-corrected chi connectivity index (χ3v) is 3.54. The fraction of sp³-hybridized carbons (Fsp3) is 0. The molecule has 18 heavy (non-hydrogen) atoms. The van der Waals surface area contributed by atoms with Gasteiger partial charge in [0.25, 0.3) is 5.91 Å². The molecule has 92 valence electrons. The summed E-state index contributed by atoms with van der Waals surface area (Å²) in [4.78, 5) is 12.1. The molecule has 1 aromatic heterocycles. The SMILES string of the molecule is O=C(N/N=C\c1ccc(F)c(Br)c1)c1cccs1. The Morgan fingerprint density at radius 3 is 2.94 bits per heavy atom. The monoisotopic (exact) mass is 326 g/mol. The Morgan fingerprint density at radius 1 is 1.44 bits per heavy atom. The molecule has 6 heteroatoms. The molecule has 0 aliphatic heterocycles. The summed E-state index contributed by atoms with van der Waals surface area (Å²) in [7, 11) is 0. The molecule has 1 heterocycles. The van der Waals surface area contributed by atoms with E-state index < -0.39 is 0 Å². The smallest absolute Gasteiger partial charge is 0.266 e. The van der Waals surface area contributed by atoms with E-state index in [0.717, 1.165) is 0 Å². The van der Waals surface area contributed by atoms with Gasteiger partial charge in [-0.05, 0) is 45.1 Å². The number of benzene rings is 1. The van der Waals surface area contributed by atoms with Crippen LogP contribution in [0.4, 0.5) is 4.39 Å². The zero-order valence-electron chi connectivity index (χ0n) is 9.06. The number of amides is 1. The van der Waals surface area contributed by atoms with Crippen molar-refractivity contribution in [2.75, 3.05) is 0 Å². The largest absolute Gasteiger partial charge is 0.281 e. The highest BCUT2D eigenvalue weighted by molar-refractivity contribution is 9.10. The fourth-order valence-electron chi connectivity index (χ4n) is 1.22. The third-order valence-electron chi connectivity index (χ3n) is 2.07. The van der Waals surface area contributed by atoms with Gasteiger partial charge in [0.2, 0.25) is 0 Å². The summed E-state index contributed by atoms with van der Waals surface area (Å²) in [5.74, 6) is -0.600. The molecule has 0 saturated heterocycles. The summed E-state index contributed by atoms with van der Waals surface area (Å²) in [6.45, 7) is 0. The van der Waals surface area contributed by atoms with Crippen LogP contribution in [0.25, 0.3) is 0 Å². The number of thiophene rings is 1. The standard InChI is InChI=1S/C12H8BrFN2OS/c13-9-6-8(3-4-10(9)14)7-15-16-12(17)11-2-1-5-18-11/h1-7H,(H,16,17)/b15-7-. The average molecular weight is 327 g/mol. The van der Waals surface area contributed by atoms with Gasteiger partial charge in [0.1, 0.15) is 5.82 Å². The van der Waals surface area contributed by atoms with Gasteiger partial charge < -0.3 is 0 Å². The van der Waals surface area contributed by atoms with E-state index in [1.807, 2.05) is 5.38 Å². The Hall–Kier alpha value is -1.53. The number of hydrogen-bond donors (Lipinski definition) is 1. The van der Waals surface area contributed by atoms with Crippen molar-refractivity contribution in [3.63, 3.8) is 0 Å². The first kappa shape index (κ1) is 12.9. The first-order chi connectivity index (χ1) is 8.66. The lowest BCUT2D eigenvalue weighted by Gasteiger charge is -1.97. The van der Waals surface area contributed by atoms with E-state index in [4.69, 9.17) is 0 Å². The van der Waals surface area contributed by atoms with Crippen molar-refractivity contribution in [3.8, 4) is 0 Å². The normalized spacial score (nSPS) is 10.8. The Morgan fingerprint density at radius 2 is 2.28 bits per heavy atom. The molecule has 0 atom stereocenters. The lowest BCUT2D eigenvalue weighted by atomic mass is 10.2. The van der Waals surface area contributed by atoms with Gasteiger partial charge in [0.05, 0.1) is 15.6 Å². The zero-order chi connectivity index (χ0) is 13.0. The maximum Gasteiger partial charge on any atom is 0.281 e. The van der Waals surface area contributed by atoms with Crippen LogP contribution in [-0.2, 0) is 0 Å². The van der Waals surface area contributed by atoms with Gasteiger partial charge in [0.15, 0.2) is 0 Å². The van der Waals surface area contributed by atoms with E-state index in [-0.39, 0.29) is 11.7 Å². The van der Waals surface area contributed by atoms with E-state index in [1.165, 1.54) is 23.6 Å². The minimum Gasteiger partial charge on any atom is -0.266 e. The van der Waals surface area contributed by atoms with Gasteiger partial charge in [-0.15, -0.1) is 11.3 Å². The van der Waals surface area contributed by atoms with Crippen LogP contribution in [0.15, 0.2) is 45.3 Å². The molecule has 0 fully saturated rings. The molecule has 1 amide bonds. The summed E-state index contributed by atoms with van der Waals surface area (Å²) in [6.07, 6.45) is 1.45. The van der Waals surface area contributed by atoms with Gasteiger partial charge in [-0.2, -0.15) is 5.10 Å². The summed E-state index contributed by atoms with van der Waals surface area (Å²) in [5, 5.41) is 5.62. The van der Waals surface area contributed by atoms with Crippen LogP contribution in [0, 0.1) is 5.82 Å². The maximum absolute atomic E-state index is 13.0.